The van der Waals surface area contributed by atoms with Crippen molar-refractivity contribution in [1.29, 1.82) is 0 Å². The first-order valence-corrected chi connectivity index (χ1v) is 9.45. The molecular weight excluding hydrogens is 350 g/mol. The van der Waals surface area contributed by atoms with Crippen LogP contribution in [0.3, 0.4) is 0 Å². The van der Waals surface area contributed by atoms with Crippen molar-refractivity contribution in [1.82, 2.24) is 0 Å². The van der Waals surface area contributed by atoms with Gasteiger partial charge in [-0.2, -0.15) is 0 Å². The van der Waals surface area contributed by atoms with Crippen LogP contribution < -0.4 is 0 Å². The Bertz CT molecular complexity index is 766. The minimum Gasteiger partial charge on any atom is -0.459 e. The van der Waals surface area contributed by atoms with Crippen LogP contribution >= 0.6 is 0 Å². The van der Waals surface area contributed by atoms with Gasteiger partial charge in [-0.15, -0.1) is 0 Å². The van der Waals surface area contributed by atoms with E-state index in [0.717, 1.165) is 44.8 Å². The molecule has 27 heavy (non-hydrogen) atoms. The number of esters is 1. The van der Waals surface area contributed by atoms with Crippen molar-refractivity contribution in [3.8, 4) is 11.1 Å². The number of rotatable bonds is 6. The van der Waals surface area contributed by atoms with Crippen molar-refractivity contribution < 1.29 is 23.0 Å². The van der Waals surface area contributed by atoms with Crippen LogP contribution in [0.5, 0.6) is 0 Å². The van der Waals surface area contributed by atoms with E-state index in [1.165, 1.54) is 12.1 Å². The largest absolute Gasteiger partial charge is 0.459 e. The van der Waals surface area contributed by atoms with Crippen molar-refractivity contribution in [2.45, 2.75) is 51.2 Å². The lowest BCUT2D eigenvalue weighted by Gasteiger charge is -2.28. The summed E-state index contributed by atoms with van der Waals surface area (Å²) in [7, 11) is 0. The zero-order valence-electron chi connectivity index (χ0n) is 15.4. The second-order valence-corrected chi connectivity index (χ2v) is 6.88. The molecule has 1 fully saturated rings. The Balaban J connectivity index is 1.57. The first-order valence-electron chi connectivity index (χ1n) is 9.45. The van der Waals surface area contributed by atoms with Gasteiger partial charge in [0.1, 0.15) is 17.7 Å². The highest BCUT2D eigenvalue weighted by Crippen LogP contribution is 2.26. The zero-order valence-corrected chi connectivity index (χ0v) is 15.4. The maximum absolute atomic E-state index is 13.9. The summed E-state index contributed by atoms with van der Waals surface area (Å²) < 4.78 is 38.2. The summed E-state index contributed by atoms with van der Waals surface area (Å²) in [4.78, 5) is 12.3. The SMILES string of the molecule is CCCOC1CCC(OC(=O)c2ccc(-c3ccc(F)cc3F)cc2)CC1. The molecule has 3 rings (SSSR count). The van der Waals surface area contributed by atoms with Gasteiger partial charge < -0.3 is 9.47 Å². The van der Waals surface area contributed by atoms with E-state index in [2.05, 4.69) is 6.92 Å². The van der Waals surface area contributed by atoms with Crippen LogP contribution in [0.15, 0.2) is 42.5 Å². The first kappa shape index (κ1) is 19.5. The van der Waals surface area contributed by atoms with Crippen LogP contribution in [0, 0.1) is 11.6 Å². The van der Waals surface area contributed by atoms with Crippen LogP contribution in [0.4, 0.5) is 8.78 Å². The molecule has 1 aliphatic rings. The lowest BCUT2D eigenvalue weighted by molar-refractivity contribution is -0.0194. The standard InChI is InChI=1S/C22H24F2O3/c1-2-13-26-18-8-10-19(11-9-18)27-22(25)16-5-3-15(4-6-16)20-12-7-17(23)14-21(20)24/h3-7,12,14,18-19H,2,8-11,13H2,1H3. The Labute approximate surface area is 158 Å². The molecule has 0 radical (unpaired) electrons. The van der Waals surface area contributed by atoms with Gasteiger partial charge in [-0.1, -0.05) is 19.1 Å². The van der Waals surface area contributed by atoms with E-state index >= 15 is 0 Å². The van der Waals surface area contributed by atoms with Gasteiger partial charge in [-0.05, 0) is 61.9 Å². The molecule has 0 bridgehead atoms. The summed E-state index contributed by atoms with van der Waals surface area (Å²) in [5.41, 5.74) is 1.30. The van der Waals surface area contributed by atoms with E-state index in [1.807, 2.05) is 0 Å². The molecule has 0 spiro atoms. The summed E-state index contributed by atoms with van der Waals surface area (Å²) in [5, 5.41) is 0. The molecule has 0 aromatic heterocycles. The fourth-order valence-electron chi connectivity index (χ4n) is 3.33. The topological polar surface area (TPSA) is 35.5 Å². The highest BCUT2D eigenvalue weighted by molar-refractivity contribution is 5.90. The van der Waals surface area contributed by atoms with Gasteiger partial charge in [0, 0.05) is 18.2 Å². The highest BCUT2D eigenvalue weighted by atomic mass is 19.1. The van der Waals surface area contributed by atoms with Gasteiger partial charge in [0.2, 0.25) is 0 Å². The number of benzene rings is 2. The fourth-order valence-corrected chi connectivity index (χ4v) is 3.33. The molecule has 0 heterocycles. The average Bonchev–Trinajstić information content (AvgIpc) is 2.67. The fraction of sp³-hybridized carbons (Fsp3) is 0.409. The van der Waals surface area contributed by atoms with Crippen molar-refractivity contribution in [2.24, 2.45) is 0 Å². The predicted octanol–water partition coefficient (Wildman–Crippen LogP) is 5.53. The summed E-state index contributed by atoms with van der Waals surface area (Å²) in [6.07, 6.45) is 4.60. The lowest BCUT2D eigenvalue weighted by atomic mass is 9.95. The van der Waals surface area contributed by atoms with Crippen LogP contribution in [0.2, 0.25) is 0 Å². The first-order chi connectivity index (χ1) is 13.1. The third-order valence-corrected chi connectivity index (χ3v) is 4.82. The summed E-state index contributed by atoms with van der Waals surface area (Å²) in [5.74, 6) is -1.63. The van der Waals surface area contributed by atoms with E-state index in [4.69, 9.17) is 9.47 Å². The second kappa shape index (κ2) is 9.09. The van der Waals surface area contributed by atoms with Gasteiger partial charge in [-0.3, -0.25) is 0 Å². The quantitative estimate of drug-likeness (QED) is 0.624. The van der Waals surface area contributed by atoms with E-state index in [0.29, 0.717) is 16.7 Å². The van der Waals surface area contributed by atoms with Gasteiger partial charge in [0.25, 0.3) is 0 Å². The number of hydrogen-bond donors (Lipinski definition) is 0. The summed E-state index contributed by atoms with van der Waals surface area (Å²) >= 11 is 0. The van der Waals surface area contributed by atoms with Crippen molar-refractivity contribution in [2.75, 3.05) is 6.61 Å². The number of halogens is 2. The van der Waals surface area contributed by atoms with Gasteiger partial charge in [-0.25, -0.2) is 13.6 Å². The number of carbonyl (C=O) groups is 1. The van der Waals surface area contributed by atoms with Gasteiger partial charge >= 0.3 is 5.97 Å². The maximum atomic E-state index is 13.9. The number of carbonyl (C=O) groups excluding carboxylic acids is 1. The van der Waals surface area contributed by atoms with Crippen molar-refractivity contribution in [3.63, 3.8) is 0 Å². The monoisotopic (exact) mass is 374 g/mol. The Morgan fingerprint density at radius 1 is 1.00 bits per heavy atom. The molecule has 5 heteroatoms. The maximum Gasteiger partial charge on any atom is 0.338 e. The van der Waals surface area contributed by atoms with Crippen LogP contribution in [-0.4, -0.2) is 24.8 Å². The molecule has 1 aliphatic carbocycles. The average molecular weight is 374 g/mol. The molecule has 0 aliphatic heterocycles. The Hall–Kier alpha value is -2.27. The van der Waals surface area contributed by atoms with Crippen LogP contribution in [0.25, 0.3) is 11.1 Å². The molecule has 0 saturated heterocycles. The normalized spacial score (nSPS) is 19.7. The Morgan fingerprint density at radius 3 is 2.30 bits per heavy atom. The van der Waals surface area contributed by atoms with E-state index < -0.39 is 11.6 Å². The van der Waals surface area contributed by atoms with E-state index in [1.54, 1.807) is 24.3 Å². The molecule has 144 valence electrons. The molecule has 0 unspecified atom stereocenters. The van der Waals surface area contributed by atoms with Crippen molar-refractivity contribution >= 4 is 5.97 Å². The Kier molecular flexibility index (Phi) is 6.56. The lowest BCUT2D eigenvalue weighted by Crippen LogP contribution is -2.28. The predicted molar refractivity (Wildman–Crippen MR) is 99.5 cm³/mol. The smallest absolute Gasteiger partial charge is 0.338 e. The molecule has 2 aromatic carbocycles. The molecule has 2 aromatic rings. The highest BCUT2D eigenvalue weighted by Gasteiger charge is 2.24. The van der Waals surface area contributed by atoms with Crippen LogP contribution in [-0.2, 0) is 9.47 Å². The molecule has 0 N–H and O–H groups in total. The third-order valence-electron chi connectivity index (χ3n) is 4.82. The summed E-state index contributed by atoms with van der Waals surface area (Å²) in [6, 6.07) is 9.94. The number of ether oxygens (including phenoxy) is 2. The van der Waals surface area contributed by atoms with Gasteiger partial charge in [0.05, 0.1) is 11.7 Å². The van der Waals surface area contributed by atoms with Crippen molar-refractivity contribution in [3.05, 3.63) is 59.7 Å². The zero-order chi connectivity index (χ0) is 19.2. The molecule has 0 atom stereocenters. The minimum atomic E-state index is -0.632. The van der Waals surface area contributed by atoms with Gasteiger partial charge in [0.15, 0.2) is 0 Å². The second-order valence-electron chi connectivity index (χ2n) is 6.88. The molecule has 0 amide bonds. The molecule has 3 nitrogen and oxygen atoms in total. The molecular formula is C22H24F2O3. The Morgan fingerprint density at radius 2 is 1.67 bits per heavy atom. The molecule has 1 saturated carbocycles. The minimum absolute atomic E-state index is 0.0896. The van der Waals surface area contributed by atoms with E-state index in [-0.39, 0.29) is 18.2 Å². The van der Waals surface area contributed by atoms with E-state index in [9.17, 15) is 13.6 Å². The van der Waals surface area contributed by atoms with Crippen LogP contribution in [0.1, 0.15) is 49.4 Å². The third kappa shape index (κ3) is 5.13. The summed E-state index contributed by atoms with van der Waals surface area (Å²) in [6.45, 7) is 2.86. The number of hydrogen-bond acceptors (Lipinski definition) is 3.